The molecular formula is C18H19N3O3S. The molecular weight excluding hydrogens is 338 g/mol. The van der Waals surface area contributed by atoms with Crippen molar-refractivity contribution in [1.29, 1.82) is 0 Å². The van der Waals surface area contributed by atoms with Gasteiger partial charge in [-0.25, -0.2) is 4.98 Å². The number of ether oxygens (including phenoxy) is 1. The van der Waals surface area contributed by atoms with Gasteiger partial charge in [-0.1, -0.05) is 6.07 Å². The molecule has 25 heavy (non-hydrogen) atoms. The van der Waals surface area contributed by atoms with E-state index in [1.807, 2.05) is 24.3 Å². The summed E-state index contributed by atoms with van der Waals surface area (Å²) in [5, 5.41) is 6.63. The number of carbonyl (C=O) groups excluding carboxylic acids is 2. The fourth-order valence-corrected chi connectivity index (χ4v) is 3.41. The van der Waals surface area contributed by atoms with E-state index in [0.717, 1.165) is 10.6 Å². The second-order valence-electron chi connectivity index (χ2n) is 5.57. The van der Waals surface area contributed by atoms with Crippen LogP contribution in [-0.2, 0) is 9.59 Å². The predicted octanol–water partition coefficient (Wildman–Crippen LogP) is 2.42. The van der Waals surface area contributed by atoms with Crippen LogP contribution in [0, 0.1) is 0 Å². The number of amides is 2. The zero-order valence-electron chi connectivity index (χ0n) is 13.8. The molecule has 0 radical (unpaired) electrons. The van der Waals surface area contributed by atoms with Gasteiger partial charge >= 0.3 is 0 Å². The number of nitrogens with zero attached hydrogens (tertiary/aromatic N) is 1. The molecule has 2 aromatic rings. The summed E-state index contributed by atoms with van der Waals surface area (Å²) in [6.45, 7) is 0.511. The number of hydrogen-bond acceptors (Lipinski definition) is 5. The Kier molecular flexibility index (Phi) is 5.55. The third-order valence-electron chi connectivity index (χ3n) is 3.90. The number of thioether (sulfide) groups is 1. The molecule has 0 spiro atoms. The van der Waals surface area contributed by atoms with Crippen molar-refractivity contribution in [2.24, 2.45) is 0 Å². The van der Waals surface area contributed by atoms with Gasteiger partial charge in [-0.15, -0.1) is 11.8 Å². The SMILES string of the molecule is COc1ccc2c(c1)C(C(=O)NCCSc1ccccn1)CC(=O)N2. The fraction of sp³-hybridized carbons (Fsp3) is 0.278. The van der Waals surface area contributed by atoms with E-state index in [1.54, 1.807) is 37.2 Å². The number of rotatable bonds is 6. The van der Waals surface area contributed by atoms with Crippen LogP contribution in [0.4, 0.5) is 5.69 Å². The first-order chi connectivity index (χ1) is 12.2. The Morgan fingerprint density at radius 2 is 2.28 bits per heavy atom. The average Bonchev–Trinajstić information content (AvgIpc) is 2.65. The molecule has 2 heterocycles. The van der Waals surface area contributed by atoms with Crippen LogP contribution in [0.1, 0.15) is 17.9 Å². The van der Waals surface area contributed by atoms with Crippen LogP contribution in [-0.4, -0.2) is 36.2 Å². The zero-order valence-corrected chi connectivity index (χ0v) is 14.6. The van der Waals surface area contributed by atoms with Crippen molar-refractivity contribution in [1.82, 2.24) is 10.3 Å². The Labute approximate surface area is 150 Å². The molecule has 0 saturated heterocycles. The van der Waals surface area contributed by atoms with E-state index in [0.29, 0.717) is 23.7 Å². The van der Waals surface area contributed by atoms with Crippen molar-refractivity contribution in [2.45, 2.75) is 17.4 Å². The highest BCUT2D eigenvalue weighted by molar-refractivity contribution is 7.99. The standard InChI is InChI=1S/C18H19N3O3S/c1-24-12-5-6-15-13(10-12)14(11-16(22)21-15)18(23)20-8-9-25-17-4-2-3-7-19-17/h2-7,10,14H,8-9,11H2,1H3,(H,20,23)(H,21,22). The molecule has 1 atom stereocenters. The van der Waals surface area contributed by atoms with Gasteiger partial charge in [0.25, 0.3) is 0 Å². The minimum Gasteiger partial charge on any atom is -0.497 e. The third-order valence-corrected chi connectivity index (χ3v) is 4.85. The van der Waals surface area contributed by atoms with Crippen molar-refractivity contribution in [2.75, 3.05) is 24.7 Å². The number of benzene rings is 1. The van der Waals surface area contributed by atoms with Crippen LogP contribution in [0.5, 0.6) is 5.75 Å². The second-order valence-corrected chi connectivity index (χ2v) is 6.68. The molecule has 0 aliphatic carbocycles. The van der Waals surface area contributed by atoms with Crippen molar-refractivity contribution in [3.63, 3.8) is 0 Å². The molecule has 3 rings (SSSR count). The highest BCUT2D eigenvalue weighted by Crippen LogP contribution is 2.35. The summed E-state index contributed by atoms with van der Waals surface area (Å²) in [6, 6.07) is 11.1. The summed E-state index contributed by atoms with van der Waals surface area (Å²) in [5.41, 5.74) is 1.45. The minimum absolute atomic E-state index is 0.138. The lowest BCUT2D eigenvalue weighted by molar-refractivity contribution is -0.126. The van der Waals surface area contributed by atoms with Gasteiger partial charge < -0.3 is 15.4 Å². The molecule has 0 bridgehead atoms. The molecule has 1 unspecified atom stereocenters. The summed E-state index contributed by atoms with van der Waals surface area (Å²) < 4.78 is 5.23. The normalized spacial score (nSPS) is 15.9. The Morgan fingerprint density at radius 1 is 1.40 bits per heavy atom. The maximum Gasteiger partial charge on any atom is 0.228 e. The topological polar surface area (TPSA) is 80.3 Å². The largest absolute Gasteiger partial charge is 0.497 e. The van der Waals surface area contributed by atoms with E-state index in [1.165, 1.54) is 0 Å². The lowest BCUT2D eigenvalue weighted by Gasteiger charge is -2.25. The molecule has 130 valence electrons. The van der Waals surface area contributed by atoms with E-state index < -0.39 is 5.92 Å². The van der Waals surface area contributed by atoms with Gasteiger partial charge in [-0.05, 0) is 35.9 Å². The highest BCUT2D eigenvalue weighted by atomic mass is 32.2. The van der Waals surface area contributed by atoms with Gasteiger partial charge in [0.05, 0.1) is 18.1 Å². The number of fused-ring (bicyclic) bond motifs is 1. The van der Waals surface area contributed by atoms with Crippen LogP contribution < -0.4 is 15.4 Å². The van der Waals surface area contributed by atoms with E-state index in [4.69, 9.17) is 4.74 Å². The van der Waals surface area contributed by atoms with Gasteiger partial charge in [-0.3, -0.25) is 9.59 Å². The number of nitrogens with one attached hydrogen (secondary N) is 2. The lowest BCUT2D eigenvalue weighted by atomic mass is 9.89. The number of anilines is 1. The fourth-order valence-electron chi connectivity index (χ4n) is 2.69. The van der Waals surface area contributed by atoms with Gasteiger partial charge in [0, 0.05) is 30.6 Å². The average molecular weight is 357 g/mol. The van der Waals surface area contributed by atoms with Crippen molar-refractivity contribution in [3.8, 4) is 5.75 Å². The summed E-state index contributed by atoms with van der Waals surface area (Å²) in [5.74, 6) is 0.580. The molecule has 1 aliphatic rings. The number of carbonyl (C=O) groups is 2. The molecule has 0 fully saturated rings. The smallest absolute Gasteiger partial charge is 0.228 e. The van der Waals surface area contributed by atoms with Crippen molar-refractivity contribution < 1.29 is 14.3 Å². The van der Waals surface area contributed by atoms with E-state index >= 15 is 0 Å². The van der Waals surface area contributed by atoms with Gasteiger partial charge in [0.1, 0.15) is 5.75 Å². The van der Waals surface area contributed by atoms with Crippen LogP contribution in [0.15, 0.2) is 47.6 Å². The Hall–Kier alpha value is -2.54. The lowest BCUT2D eigenvalue weighted by Crippen LogP contribution is -2.36. The Bertz CT molecular complexity index is 767. The summed E-state index contributed by atoms with van der Waals surface area (Å²) in [7, 11) is 1.58. The maximum atomic E-state index is 12.6. The highest BCUT2D eigenvalue weighted by Gasteiger charge is 2.30. The van der Waals surface area contributed by atoms with E-state index in [2.05, 4.69) is 15.6 Å². The second kappa shape index (κ2) is 8.02. The van der Waals surface area contributed by atoms with Crippen LogP contribution >= 0.6 is 11.8 Å². The van der Waals surface area contributed by atoms with Crippen molar-refractivity contribution >= 4 is 29.3 Å². The van der Waals surface area contributed by atoms with Gasteiger partial charge in [0.15, 0.2) is 0 Å². The quantitative estimate of drug-likeness (QED) is 0.613. The first kappa shape index (κ1) is 17.3. The monoisotopic (exact) mass is 357 g/mol. The third kappa shape index (κ3) is 4.30. The summed E-state index contributed by atoms with van der Waals surface area (Å²) >= 11 is 1.58. The molecule has 1 aliphatic heterocycles. The molecule has 2 N–H and O–H groups in total. The molecule has 0 saturated carbocycles. The van der Waals surface area contributed by atoms with E-state index in [9.17, 15) is 9.59 Å². The minimum atomic E-state index is -0.501. The van der Waals surface area contributed by atoms with E-state index in [-0.39, 0.29) is 18.2 Å². The molecule has 7 heteroatoms. The van der Waals surface area contributed by atoms with Crippen LogP contribution in [0.3, 0.4) is 0 Å². The Morgan fingerprint density at radius 3 is 3.04 bits per heavy atom. The van der Waals surface area contributed by atoms with Crippen molar-refractivity contribution in [3.05, 3.63) is 48.2 Å². The van der Waals surface area contributed by atoms with Gasteiger partial charge in [-0.2, -0.15) is 0 Å². The number of pyridine rings is 1. The number of methoxy groups -OCH3 is 1. The number of aromatic nitrogens is 1. The number of hydrogen-bond donors (Lipinski definition) is 2. The Balaban J connectivity index is 1.61. The van der Waals surface area contributed by atoms with Crippen LogP contribution in [0.25, 0.3) is 0 Å². The first-order valence-electron chi connectivity index (χ1n) is 7.96. The molecule has 2 amide bonds. The first-order valence-corrected chi connectivity index (χ1v) is 8.95. The molecule has 6 nitrogen and oxygen atoms in total. The van der Waals surface area contributed by atoms with Crippen LogP contribution in [0.2, 0.25) is 0 Å². The summed E-state index contributed by atoms with van der Waals surface area (Å²) in [4.78, 5) is 28.7. The zero-order chi connectivity index (χ0) is 17.6. The van der Waals surface area contributed by atoms with Gasteiger partial charge in [0.2, 0.25) is 11.8 Å². The molecule has 1 aromatic heterocycles. The molecule has 1 aromatic carbocycles. The predicted molar refractivity (Wildman–Crippen MR) is 97.0 cm³/mol. The maximum absolute atomic E-state index is 12.6. The summed E-state index contributed by atoms with van der Waals surface area (Å²) in [6.07, 6.45) is 1.88.